The maximum absolute atomic E-state index is 11.9. The monoisotopic (exact) mass is 433 g/mol. The van der Waals surface area contributed by atoms with Gasteiger partial charge in [-0.3, -0.25) is 9.78 Å². The summed E-state index contributed by atoms with van der Waals surface area (Å²) in [6.45, 7) is 2.28. The van der Waals surface area contributed by atoms with Gasteiger partial charge in [0.1, 0.15) is 5.82 Å². The summed E-state index contributed by atoms with van der Waals surface area (Å²) in [6, 6.07) is 1.59. The van der Waals surface area contributed by atoms with Gasteiger partial charge in [-0.1, -0.05) is 122 Å². The van der Waals surface area contributed by atoms with Gasteiger partial charge in [0.15, 0.2) is 0 Å². The smallest absolute Gasteiger partial charge is 0.312 e. The molecule has 0 atom stereocenters. The van der Waals surface area contributed by atoms with E-state index in [0.29, 0.717) is 12.2 Å². The van der Waals surface area contributed by atoms with Crippen molar-refractivity contribution in [3.63, 3.8) is 0 Å². The van der Waals surface area contributed by atoms with E-state index in [2.05, 4.69) is 22.2 Å². The average Bonchev–Trinajstić information content (AvgIpc) is 2.75. The Morgan fingerprint density at radius 2 is 1.16 bits per heavy atom. The number of amides is 1. The molecule has 1 amide bonds. The second-order valence-corrected chi connectivity index (χ2v) is 8.95. The van der Waals surface area contributed by atoms with Crippen molar-refractivity contribution in [3.05, 3.63) is 22.7 Å². The third-order valence-corrected chi connectivity index (χ3v) is 5.96. The van der Waals surface area contributed by atoms with Crippen molar-refractivity contribution in [1.29, 1.82) is 0 Å². The summed E-state index contributed by atoms with van der Waals surface area (Å²) in [5.74, 6) is 0.372. The number of aromatic nitrogens is 2. The van der Waals surface area contributed by atoms with Crippen LogP contribution in [0, 0.1) is 0 Å². The van der Waals surface area contributed by atoms with Crippen molar-refractivity contribution in [3.8, 4) is 0 Å². The number of carbonyl (C=O) groups excluding carboxylic acids is 1. The highest BCUT2D eigenvalue weighted by molar-refractivity contribution is 5.89. The minimum absolute atomic E-state index is 0.0474. The zero-order valence-corrected chi connectivity index (χ0v) is 20.1. The van der Waals surface area contributed by atoms with E-state index in [9.17, 15) is 9.59 Å². The van der Waals surface area contributed by atoms with Crippen molar-refractivity contribution >= 4 is 11.7 Å². The molecule has 178 valence electrons. The first-order valence-corrected chi connectivity index (χ1v) is 13.1. The molecule has 0 aromatic carbocycles. The second-order valence-electron chi connectivity index (χ2n) is 8.95. The molecule has 2 N–H and O–H groups in total. The summed E-state index contributed by atoms with van der Waals surface area (Å²) in [5.41, 5.74) is -0.443. The van der Waals surface area contributed by atoms with Crippen LogP contribution in [-0.2, 0) is 4.79 Å². The van der Waals surface area contributed by atoms with Gasteiger partial charge in [-0.05, 0) is 12.5 Å². The first kappa shape index (κ1) is 27.4. The number of anilines is 1. The van der Waals surface area contributed by atoms with Crippen LogP contribution in [0.4, 0.5) is 5.82 Å². The highest BCUT2D eigenvalue weighted by atomic mass is 16.2. The molecule has 1 rings (SSSR count). The number of H-pyrrole nitrogens is 1. The Balaban J connectivity index is 1.76. The van der Waals surface area contributed by atoms with Crippen LogP contribution in [0.3, 0.4) is 0 Å². The van der Waals surface area contributed by atoms with Crippen LogP contribution in [-0.4, -0.2) is 15.9 Å². The van der Waals surface area contributed by atoms with E-state index < -0.39 is 5.69 Å². The van der Waals surface area contributed by atoms with Crippen LogP contribution in [0.5, 0.6) is 0 Å². The molecular weight excluding hydrogens is 386 g/mol. The first-order valence-electron chi connectivity index (χ1n) is 13.1. The van der Waals surface area contributed by atoms with Crippen LogP contribution in [0.1, 0.15) is 135 Å². The molecule has 1 aromatic rings. The molecular formula is C26H47N3O2. The van der Waals surface area contributed by atoms with Crippen molar-refractivity contribution in [2.24, 2.45) is 0 Å². The number of aromatic amines is 1. The summed E-state index contributed by atoms with van der Waals surface area (Å²) in [4.78, 5) is 29.0. The Morgan fingerprint density at radius 3 is 1.58 bits per heavy atom. The summed E-state index contributed by atoms with van der Waals surface area (Å²) in [6.07, 6.45) is 27.5. The van der Waals surface area contributed by atoms with Crippen LogP contribution < -0.4 is 11.0 Å². The van der Waals surface area contributed by atoms with E-state index in [1.807, 2.05) is 0 Å². The van der Waals surface area contributed by atoms with Crippen LogP contribution in [0.2, 0.25) is 0 Å². The van der Waals surface area contributed by atoms with Gasteiger partial charge in [0.25, 0.3) is 0 Å². The summed E-state index contributed by atoms with van der Waals surface area (Å²) in [5, 5.41) is 2.71. The van der Waals surface area contributed by atoms with Gasteiger partial charge in [0, 0.05) is 12.6 Å². The molecule has 0 saturated heterocycles. The lowest BCUT2D eigenvalue weighted by Crippen LogP contribution is -2.17. The number of rotatable bonds is 21. The predicted octanol–water partition coefficient (Wildman–Crippen LogP) is 7.53. The van der Waals surface area contributed by atoms with E-state index in [-0.39, 0.29) is 5.91 Å². The van der Waals surface area contributed by atoms with Gasteiger partial charge in [0.2, 0.25) is 5.91 Å². The highest BCUT2D eigenvalue weighted by Crippen LogP contribution is 2.15. The molecule has 5 heteroatoms. The molecule has 0 saturated carbocycles. The van der Waals surface area contributed by atoms with Gasteiger partial charge in [-0.25, -0.2) is 9.78 Å². The third kappa shape index (κ3) is 17.7. The Kier molecular flexibility index (Phi) is 17.9. The van der Waals surface area contributed by atoms with Crippen LogP contribution in [0.25, 0.3) is 0 Å². The minimum atomic E-state index is -0.443. The molecule has 1 aromatic heterocycles. The molecule has 0 bridgehead atoms. The number of nitrogens with one attached hydrogen (secondary N) is 2. The maximum Gasteiger partial charge on any atom is 0.346 e. The molecule has 0 radical (unpaired) electrons. The van der Waals surface area contributed by atoms with Gasteiger partial charge in [-0.15, -0.1) is 0 Å². The number of unbranched alkanes of at least 4 members (excludes halogenated alkanes) is 18. The van der Waals surface area contributed by atoms with Crippen molar-refractivity contribution in [2.45, 2.75) is 135 Å². The Morgan fingerprint density at radius 1 is 0.742 bits per heavy atom. The highest BCUT2D eigenvalue weighted by Gasteiger charge is 2.03. The number of nitrogens with zero attached hydrogens (tertiary/aromatic N) is 1. The van der Waals surface area contributed by atoms with Crippen molar-refractivity contribution in [2.75, 3.05) is 5.32 Å². The fourth-order valence-corrected chi connectivity index (χ4v) is 4.02. The topological polar surface area (TPSA) is 74.8 Å². The van der Waals surface area contributed by atoms with Crippen LogP contribution in [0.15, 0.2) is 17.1 Å². The average molecular weight is 434 g/mol. The van der Waals surface area contributed by atoms with Gasteiger partial charge >= 0.3 is 5.69 Å². The number of carbonyl (C=O) groups is 1. The van der Waals surface area contributed by atoms with Crippen molar-refractivity contribution in [1.82, 2.24) is 9.97 Å². The molecule has 0 unspecified atom stereocenters. The van der Waals surface area contributed by atoms with Gasteiger partial charge in [0.05, 0.1) is 0 Å². The quantitative estimate of drug-likeness (QED) is 0.197. The molecule has 0 aliphatic carbocycles. The van der Waals surface area contributed by atoms with Gasteiger partial charge in [-0.2, -0.15) is 0 Å². The Hall–Kier alpha value is -1.65. The van der Waals surface area contributed by atoms with Crippen molar-refractivity contribution < 1.29 is 4.79 Å². The molecule has 5 nitrogen and oxygen atoms in total. The molecule has 0 fully saturated rings. The number of hydrogen-bond donors (Lipinski definition) is 2. The largest absolute Gasteiger partial charge is 0.346 e. The fourth-order valence-electron chi connectivity index (χ4n) is 4.02. The van der Waals surface area contributed by atoms with Gasteiger partial charge < -0.3 is 5.32 Å². The zero-order chi connectivity index (χ0) is 22.4. The summed E-state index contributed by atoms with van der Waals surface area (Å²) < 4.78 is 0. The van der Waals surface area contributed by atoms with E-state index in [1.165, 1.54) is 115 Å². The van der Waals surface area contributed by atoms with Crippen LogP contribution >= 0.6 is 0 Å². The second kappa shape index (κ2) is 20.3. The third-order valence-electron chi connectivity index (χ3n) is 5.96. The summed E-state index contributed by atoms with van der Waals surface area (Å²) in [7, 11) is 0. The lowest BCUT2D eigenvalue weighted by Gasteiger charge is -2.05. The number of hydrogen-bond acceptors (Lipinski definition) is 3. The lowest BCUT2D eigenvalue weighted by molar-refractivity contribution is -0.116. The Labute approximate surface area is 190 Å². The normalized spacial score (nSPS) is 11.0. The SMILES string of the molecule is CCCCCCCCCCCCCCCCCCCCCC(=O)Nc1ccnc(=O)[nH]1. The van der Waals surface area contributed by atoms with E-state index in [4.69, 9.17) is 0 Å². The maximum atomic E-state index is 11.9. The standard InChI is InChI=1S/C26H47N3O2/c1-2-3-4-5-6-7-8-9-10-11-12-13-14-15-16-17-18-19-20-21-25(30)28-24-22-23-27-26(31)29-24/h22-23H,2-21H2,1H3,(H2,27,28,29,30,31). The molecule has 1 heterocycles. The Bertz CT molecular complexity index is 600. The van der Waals surface area contributed by atoms with E-state index >= 15 is 0 Å². The zero-order valence-electron chi connectivity index (χ0n) is 20.1. The minimum Gasteiger partial charge on any atom is -0.312 e. The molecule has 31 heavy (non-hydrogen) atoms. The molecule has 0 spiro atoms. The fraction of sp³-hybridized carbons (Fsp3) is 0.808. The van der Waals surface area contributed by atoms with E-state index in [0.717, 1.165) is 12.8 Å². The molecule has 0 aliphatic heterocycles. The van der Waals surface area contributed by atoms with E-state index in [1.54, 1.807) is 6.07 Å². The lowest BCUT2D eigenvalue weighted by atomic mass is 10.0. The summed E-state index contributed by atoms with van der Waals surface area (Å²) >= 11 is 0. The predicted molar refractivity (Wildman–Crippen MR) is 132 cm³/mol. The first-order chi connectivity index (χ1) is 15.2. The molecule has 0 aliphatic rings.